The number of fused-ring (bicyclic) bond motifs is 1. The maximum Gasteiger partial charge on any atom is 0.113 e. The van der Waals surface area contributed by atoms with Gasteiger partial charge in [0.25, 0.3) is 0 Å². The number of imidazole rings is 1. The van der Waals surface area contributed by atoms with E-state index < -0.39 is 0 Å². The number of ether oxygens (including phenoxy) is 1. The molecule has 1 saturated carbocycles. The highest BCUT2D eigenvalue weighted by Crippen LogP contribution is 2.41. The van der Waals surface area contributed by atoms with E-state index in [0.717, 1.165) is 24.4 Å². The number of methoxy groups -OCH3 is 1. The van der Waals surface area contributed by atoms with Gasteiger partial charge in [-0.3, -0.25) is 0 Å². The van der Waals surface area contributed by atoms with E-state index in [1.807, 2.05) is 12.1 Å². The summed E-state index contributed by atoms with van der Waals surface area (Å²) in [7, 11) is 1.75. The molecule has 102 valence electrons. The van der Waals surface area contributed by atoms with Crippen molar-refractivity contribution in [1.29, 1.82) is 0 Å². The van der Waals surface area contributed by atoms with Crippen molar-refractivity contribution in [1.82, 2.24) is 9.55 Å². The van der Waals surface area contributed by atoms with E-state index in [0.29, 0.717) is 11.8 Å². The fourth-order valence-electron chi connectivity index (χ4n) is 2.66. The van der Waals surface area contributed by atoms with Gasteiger partial charge in [-0.25, -0.2) is 4.98 Å². The van der Waals surface area contributed by atoms with Gasteiger partial charge in [-0.1, -0.05) is 6.92 Å². The molecule has 1 aromatic heterocycles. The summed E-state index contributed by atoms with van der Waals surface area (Å²) in [6, 6.07) is 6.01. The number of nitrogens with two attached hydrogens (primary N) is 1. The molecule has 1 unspecified atom stereocenters. The van der Waals surface area contributed by atoms with Crippen LogP contribution in [0.5, 0.6) is 0 Å². The van der Waals surface area contributed by atoms with Crippen LogP contribution in [-0.2, 0) is 11.3 Å². The molecule has 4 heteroatoms. The number of anilines is 1. The minimum atomic E-state index is 0.484. The Morgan fingerprint density at radius 3 is 2.95 bits per heavy atom. The summed E-state index contributed by atoms with van der Waals surface area (Å²) >= 11 is 0. The zero-order chi connectivity index (χ0) is 13.4. The van der Waals surface area contributed by atoms with Gasteiger partial charge in [-0.05, 0) is 37.0 Å². The molecule has 0 amide bonds. The van der Waals surface area contributed by atoms with Crippen LogP contribution in [0.25, 0.3) is 11.0 Å². The topological polar surface area (TPSA) is 53.1 Å². The van der Waals surface area contributed by atoms with Crippen LogP contribution in [0.15, 0.2) is 18.2 Å². The lowest BCUT2D eigenvalue weighted by molar-refractivity contribution is 0.151. The molecule has 0 aliphatic heterocycles. The van der Waals surface area contributed by atoms with Crippen molar-refractivity contribution >= 4 is 16.7 Å². The van der Waals surface area contributed by atoms with Gasteiger partial charge < -0.3 is 15.0 Å². The molecule has 1 aliphatic carbocycles. The number of nitrogens with zero attached hydrogens (tertiary/aromatic N) is 2. The zero-order valence-electron chi connectivity index (χ0n) is 11.6. The number of hydrogen-bond donors (Lipinski definition) is 1. The highest BCUT2D eigenvalue weighted by Gasteiger charge is 2.29. The standard InChI is InChI=1S/C15H21N3O/c1-10(9-19-2)8-18-14-6-5-12(16)7-13(14)17-15(18)11-3-4-11/h5-7,10-11H,3-4,8-9,16H2,1-2H3. The predicted molar refractivity (Wildman–Crippen MR) is 77.2 cm³/mol. The third kappa shape index (κ3) is 2.45. The van der Waals surface area contributed by atoms with E-state index in [4.69, 9.17) is 15.5 Å². The van der Waals surface area contributed by atoms with E-state index in [-0.39, 0.29) is 0 Å². The molecule has 2 N–H and O–H groups in total. The second kappa shape index (κ2) is 4.85. The minimum absolute atomic E-state index is 0.484. The Balaban J connectivity index is 2.01. The Morgan fingerprint density at radius 1 is 1.47 bits per heavy atom. The molecule has 2 aromatic rings. The summed E-state index contributed by atoms with van der Waals surface area (Å²) in [5.41, 5.74) is 8.85. The van der Waals surface area contributed by atoms with Crippen LogP contribution >= 0.6 is 0 Å². The molecule has 0 bridgehead atoms. The molecule has 4 nitrogen and oxygen atoms in total. The molecule has 19 heavy (non-hydrogen) atoms. The molecule has 1 atom stereocenters. The Bertz CT molecular complexity index is 586. The summed E-state index contributed by atoms with van der Waals surface area (Å²) in [6.45, 7) is 3.95. The van der Waals surface area contributed by atoms with Crippen LogP contribution in [0.3, 0.4) is 0 Å². The summed E-state index contributed by atoms with van der Waals surface area (Å²) in [5.74, 6) is 2.35. The van der Waals surface area contributed by atoms with E-state index in [2.05, 4.69) is 17.6 Å². The molecule has 0 radical (unpaired) electrons. The second-order valence-electron chi connectivity index (χ2n) is 5.66. The van der Waals surface area contributed by atoms with Crippen molar-refractivity contribution < 1.29 is 4.74 Å². The number of rotatable bonds is 5. The highest BCUT2D eigenvalue weighted by molar-refractivity contribution is 5.79. The van der Waals surface area contributed by atoms with Gasteiger partial charge in [-0.15, -0.1) is 0 Å². The Labute approximate surface area is 113 Å². The van der Waals surface area contributed by atoms with Crippen molar-refractivity contribution in [3.05, 3.63) is 24.0 Å². The molecular weight excluding hydrogens is 238 g/mol. The molecule has 0 saturated heterocycles. The van der Waals surface area contributed by atoms with E-state index >= 15 is 0 Å². The summed E-state index contributed by atoms with van der Waals surface area (Å²) in [5, 5.41) is 0. The normalized spacial score (nSPS) is 16.9. The van der Waals surface area contributed by atoms with E-state index in [9.17, 15) is 0 Å². The predicted octanol–water partition coefficient (Wildman–Crippen LogP) is 2.78. The largest absolute Gasteiger partial charge is 0.399 e. The first-order valence-electron chi connectivity index (χ1n) is 6.93. The summed E-state index contributed by atoms with van der Waals surface area (Å²) in [4.78, 5) is 4.79. The Hall–Kier alpha value is -1.55. The van der Waals surface area contributed by atoms with Crippen LogP contribution in [-0.4, -0.2) is 23.3 Å². The van der Waals surface area contributed by atoms with Crippen molar-refractivity contribution in [2.75, 3.05) is 19.5 Å². The average Bonchev–Trinajstić information content (AvgIpc) is 3.14. The number of hydrogen-bond acceptors (Lipinski definition) is 3. The van der Waals surface area contributed by atoms with Gasteiger partial charge in [0.15, 0.2) is 0 Å². The van der Waals surface area contributed by atoms with Gasteiger partial charge in [0.1, 0.15) is 5.82 Å². The van der Waals surface area contributed by atoms with Gasteiger partial charge in [-0.2, -0.15) is 0 Å². The lowest BCUT2D eigenvalue weighted by Gasteiger charge is -2.14. The van der Waals surface area contributed by atoms with Crippen LogP contribution in [0.1, 0.15) is 31.5 Å². The van der Waals surface area contributed by atoms with E-state index in [1.54, 1.807) is 7.11 Å². The molecule has 0 spiro atoms. The van der Waals surface area contributed by atoms with Gasteiger partial charge in [0.05, 0.1) is 17.6 Å². The first-order chi connectivity index (χ1) is 9.19. The monoisotopic (exact) mass is 259 g/mol. The first-order valence-corrected chi connectivity index (χ1v) is 6.93. The maximum absolute atomic E-state index is 5.85. The molecule has 1 heterocycles. The fraction of sp³-hybridized carbons (Fsp3) is 0.533. The van der Waals surface area contributed by atoms with Crippen molar-refractivity contribution in [3.8, 4) is 0 Å². The Kier molecular flexibility index (Phi) is 3.19. The van der Waals surface area contributed by atoms with E-state index in [1.165, 1.54) is 24.2 Å². The van der Waals surface area contributed by atoms with Gasteiger partial charge in [0.2, 0.25) is 0 Å². The molecule has 1 aromatic carbocycles. The van der Waals surface area contributed by atoms with Gasteiger partial charge >= 0.3 is 0 Å². The fourth-order valence-corrected chi connectivity index (χ4v) is 2.66. The quantitative estimate of drug-likeness (QED) is 0.840. The van der Waals surface area contributed by atoms with Crippen LogP contribution in [0.4, 0.5) is 5.69 Å². The van der Waals surface area contributed by atoms with Gasteiger partial charge in [0, 0.05) is 25.3 Å². The SMILES string of the molecule is COCC(C)Cn1c(C2CC2)nc2cc(N)ccc21. The smallest absolute Gasteiger partial charge is 0.113 e. The average molecular weight is 259 g/mol. The molecule has 3 rings (SSSR count). The summed E-state index contributed by atoms with van der Waals surface area (Å²) < 4.78 is 7.60. The maximum atomic E-state index is 5.85. The molecular formula is C15H21N3O. The van der Waals surface area contributed by atoms with Crippen LogP contribution < -0.4 is 5.73 Å². The molecule has 1 fully saturated rings. The minimum Gasteiger partial charge on any atom is -0.399 e. The van der Waals surface area contributed by atoms with Crippen LogP contribution in [0.2, 0.25) is 0 Å². The lowest BCUT2D eigenvalue weighted by Crippen LogP contribution is -2.14. The molecule has 1 aliphatic rings. The lowest BCUT2D eigenvalue weighted by atomic mass is 10.2. The Morgan fingerprint density at radius 2 is 2.26 bits per heavy atom. The number of aromatic nitrogens is 2. The third-order valence-corrected chi connectivity index (χ3v) is 3.69. The third-order valence-electron chi connectivity index (χ3n) is 3.69. The van der Waals surface area contributed by atoms with Crippen LogP contribution in [0, 0.1) is 5.92 Å². The van der Waals surface area contributed by atoms with Crippen molar-refractivity contribution in [3.63, 3.8) is 0 Å². The number of nitrogen functional groups attached to an aromatic ring is 1. The second-order valence-corrected chi connectivity index (χ2v) is 5.66. The highest BCUT2D eigenvalue weighted by atomic mass is 16.5. The first kappa shape index (κ1) is 12.5. The number of benzene rings is 1. The van der Waals surface area contributed by atoms with Crippen molar-refractivity contribution in [2.45, 2.75) is 32.2 Å². The van der Waals surface area contributed by atoms with Crippen molar-refractivity contribution in [2.24, 2.45) is 5.92 Å². The zero-order valence-corrected chi connectivity index (χ0v) is 11.6. The summed E-state index contributed by atoms with van der Waals surface area (Å²) in [6.07, 6.45) is 2.52.